The number of hydrogen-bond donors (Lipinski definition) is 1. The summed E-state index contributed by atoms with van der Waals surface area (Å²) in [4.78, 5) is 32.3. The van der Waals surface area contributed by atoms with Crippen LogP contribution in [0.1, 0.15) is 54.4 Å². The summed E-state index contributed by atoms with van der Waals surface area (Å²) in [6, 6.07) is 10.9. The van der Waals surface area contributed by atoms with Crippen LogP contribution in [0.2, 0.25) is 0 Å². The van der Waals surface area contributed by atoms with Gasteiger partial charge >= 0.3 is 5.97 Å². The zero-order chi connectivity index (χ0) is 22.7. The van der Waals surface area contributed by atoms with Crippen molar-refractivity contribution in [3.63, 3.8) is 0 Å². The molecular weight excluding hydrogens is 400 g/mol. The van der Waals surface area contributed by atoms with E-state index in [1.54, 1.807) is 25.3 Å². The maximum atomic E-state index is 12.2. The molecule has 0 fully saturated rings. The van der Waals surface area contributed by atoms with Crippen molar-refractivity contribution in [3.05, 3.63) is 98.5 Å². The molecule has 1 heterocycles. The summed E-state index contributed by atoms with van der Waals surface area (Å²) in [5.74, 6) is -0.106. The molecule has 5 nitrogen and oxygen atoms in total. The van der Waals surface area contributed by atoms with Gasteiger partial charge in [0.05, 0.1) is 12.2 Å². The predicted octanol–water partition coefficient (Wildman–Crippen LogP) is 5.00. The summed E-state index contributed by atoms with van der Waals surface area (Å²) in [5, 5.41) is 0. The van der Waals surface area contributed by atoms with Crippen molar-refractivity contribution in [3.8, 4) is 0 Å². The van der Waals surface area contributed by atoms with E-state index in [1.807, 2.05) is 36.4 Å². The van der Waals surface area contributed by atoms with Gasteiger partial charge in [-0.15, -0.1) is 0 Å². The molecular formula is C27H28N2O3. The minimum Gasteiger partial charge on any atom is -0.462 e. The van der Waals surface area contributed by atoms with Gasteiger partial charge in [0.25, 0.3) is 0 Å². The third-order valence-corrected chi connectivity index (χ3v) is 6.19. The lowest BCUT2D eigenvalue weighted by Crippen LogP contribution is -2.40. The Morgan fingerprint density at radius 2 is 2.09 bits per heavy atom. The van der Waals surface area contributed by atoms with Gasteiger partial charge in [0.2, 0.25) is 5.56 Å². The van der Waals surface area contributed by atoms with Crippen LogP contribution in [0, 0.1) is 5.92 Å². The highest BCUT2D eigenvalue weighted by molar-refractivity contribution is 5.94. The second kappa shape index (κ2) is 8.95. The predicted molar refractivity (Wildman–Crippen MR) is 128 cm³/mol. The molecule has 1 N–H and O–H groups in total. The number of aliphatic imine (C=N–C) groups is 1. The number of carbonyl (C=O) groups excluding carboxylic acids is 1. The Morgan fingerprint density at radius 1 is 1.28 bits per heavy atom. The molecule has 2 bridgehead atoms. The van der Waals surface area contributed by atoms with Crippen LogP contribution < -0.4 is 5.56 Å². The molecule has 32 heavy (non-hydrogen) atoms. The van der Waals surface area contributed by atoms with Crippen LogP contribution in [-0.2, 0) is 16.7 Å². The molecule has 1 aromatic heterocycles. The first kappa shape index (κ1) is 21.8. The highest BCUT2D eigenvalue weighted by atomic mass is 16.5. The molecule has 164 valence electrons. The molecule has 0 saturated carbocycles. The van der Waals surface area contributed by atoms with Gasteiger partial charge in [-0.1, -0.05) is 42.0 Å². The number of nitrogens with one attached hydrogen (secondary N) is 1. The second-order valence-corrected chi connectivity index (χ2v) is 8.26. The number of pyridine rings is 1. The molecule has 2 atom stereocenters. The average molecular weight is 429 g/mol. The lowest BCUT2D eigenvalue weighted by Gasteiger charge is -2.45. The van der Waals surface area contributed by atoms with Gasteiger partial charge in [-0.25, -0.2) is 4.79 Å². The Bertz CT molecular complexity index is 1220. The summed E-state index contributed by atoms with van der Waals surface area (Å²) < 4.78 is 5.16. The summed E-state index contributed by atoms with van der Waals surface area (Å²) in [6.07, 6.45) is 11.6. The number of aromatic nitrogens is 1. The number of aromatic amines is 1. The minimum atomic E-state index is -0.527. The van der Waals surface area contributed by atoms with Gasteiger partial charge in [-0.3, -0.25) is 9.79 Å². The normalized spacial score (nSPS) is 23.4. The van der Waals surface area contributed by atoms with E-state index in [9.17, 15) is 9.59 Å². The first-order chi connectivity index (χ1) is 15.5. The Kier molecular flexibility index (Phi) is 6.08. The molecule has 2 unspecified atom stereocenters. The maximum Gasteiger partial charge on any atom is 0.338 e. The third kappa shape index (κ3) is 3.91. The standard InChI is InChI=1S/C27H28N2O3/c1-4-22-20-15-18(3)17-27(22,23-12-13-25(30)29-24(23)16-20)28-14-8-10-19-9-6-7-11-21(19)26(31)32-5-2/h4,6-15,20H,5,16-17H2,1-3H3,(H,29,30)/b10-8+,22-4+,28-14+. The molecule has 2 aromatic rings. The molecule has 5 heteroatoms. The van der Waals surface area contributed by atoms with Crippen LogP contribution in [-0.4, -0.2) is 23.8 Å². The van der Waals surface area contributed by atoms with E-state index in [4.69, 9.17) is 9.73 Å². The first-order valence-corrected chi connectivity index (χ1v) is 11.0. The van der Waals surface area contributed by atoms with Crippen LogP contribution in [0.15, 0.2) is 75.6 Å². The summed E-state index contributed by atoms with van der Waals surface area (Å²) in [5.41, 5.74) is 5.29. The number of benzene rings is 1. The van der Waals surface area contributed by atoms with E-state index in [-0.39, 0.29) is 17.4 Å². The van der Waals surface area contributed by atoms with E-state index in [0.29, 0.717) is 12.2 Å². The smallest absolute Gasteiger partial charge is 0.338 e. The van der Waals surface area contributed by atoms with Gasteiger partial charge in [-0.2, -0.15) is 0 Å². The van der Waals surface area contributed by atoms with Crippen molar-refractivity contribution < 1.29 is 9.53 Å². The molecule has 2 aliphatic carbocycles. The van der Waals surface area contributed by atoms with E-state index >= 15 is 0 Å². The largest absolute Gasteiger partial charge is 0.462 e. The van der Waals surface area contributed by atoms with Gasteiger partial charge < -0.3 is 9.72 Å². The number of ether oxygens (including phenoxy) is 1. The Labute approximate surface area is 188 Å². The van der Waals surface area contributed by atoms with Gasteiger partial charge in [-0.05, 0) is 56.5 Å². The highest BCUT2D eigenvalue weighted by Gasteiger charge is 2.46. The molecule has 4 rings (SSSR count). The van der Waals surface area contributed by atoms with Crippen molar-refractivity contribution in [1.82, 2.24) is 4.98 Å². The number of carbonyl (C=O) groups is 1. The highest BCUT2D eigenvalue weighted by Crippen LogP contribution is 2.51. The summed E-state index contributed by atoms with van der Waals surface area (Å²) in [6.45, 7) is 6.34. The Balaban J connectivity index is 1.72. The lowest BCUT2D eigenvalue weighted by molar-refractivity contribution is 0.0526. The van der Waals surface area contributed by atoms with Crippen molar-refractivity contribution in [2.75, 3.05) is 6.61 Å². The fourth-order valence-corrected chi connectivity index (χ4v) is 5.01. The molecule has 0 radical (unpaired) electrons. The zero-order valence-corrected chi connectivity index (χ0v) is 18.7. The van der Waals surface area contributed by atoms with Gasteiger partial charge in [0.15, 0.2) is 0 Å². The number of H-pyrrole nitrogens is 1. The quantitative estimate of drug-likeness (QED) is 0.414. The number of rotatable bonds is 5. The lowest BCUT2D eigenvalue weighted by atomic mass is 9.63. The van der Waals surface area contributed by atoms with Crippen molar-refractivity contribution in [2.24, 2.45) is 10.9 Å². The number of hydrogen-bond acceptors (Lipinski definition) is 4. The van der Waals surface area contributed by atoms with Crippen LogP contribution >= 0.6 is 0 Å². The summed E-state index contributed by atoms with van der Waals surface area (Å²) >= 11 is 0. The third-order valence-electron chi connectivity index (χ3n) is 6.19. The molecule has 0 aliphatic heterocycles. The summed E-state index contributed by atoms with van der Waals surface area (Å²) in [7, 11) is 0. The fourth-order valence-electron chi connectivity index (χ4n) is 5.01. The van der Waals surface area contributed by atoms with Crippen molar-refractivity contribution in [2.45, 2.75) is 39.2 Å². The van der Waals surface area contributed by atoms with E-state index in [1.165, 1.54) is 11.1 Å². The topological polar surface area (TPSA) is 71.5 Å². The van der Waals surface area contributed by atoms with Crippen LogP contribution in [0.25, 0.3) is 6.08 Å². The van der Waals surface area contributed by atoms with Crippen LogP contribution in [0.5, 0.6) is 0 Å². The number of esters is 1. The average Bonchev–Trinajstić information content (AvgIpc) is 2.76. The van der Waals surface area contributed by atoms with E-state index < -0.39 is 5.54 Å². The monoisotopic (exact) mass is 428 g/mol. The molecule has 1 aromatic carbocycles. The van der Waals surface area contributed by atoms with Gasteiger partial charge in [0.1, 0.15) is 5.54 Å². The number of allylic oxidation sites excluding steroid dienone is 3. The van der Waals surface area contributed by atoms with Gasteiger partial charge in [0, 0.05) is 35.9 Å². The number of fused-ring (bicyclic) bond motifs is 4. The zero-order valence-electron chi connectivity index (χ0n) is 18.7. The molecule has 2 aliphatic rings. The molecule has 0 spiro atoms. The fraction of sp³-hybridized carbons (Fsp3) is 0.296. The van der Waals surface area contributed by atoms with Crippen LogP contribution in [0.3, 0.4) is 0 Å². The van der Waals surface area contributed by atoms with E-state index in [0.717, 1.165) is 29.7 Å². The first-order valence-electron chi connectivity index (χ1n) is 11.0. The Morgan fingerprint density at radius 3 is 2.88 bits per heavy atom. The van der Waals surface area contributed by atoms with E-state index in [2.05, 4.69) is 31.0 Å². The Hall–Kier alpha value is -3.47. The SMILES string of the molecule is C/C=C1\C2C=C(C)CC1(/N=C/C=C/c1ccccc1C(=O)OCC)c1ccc(=O)[nH]c1C2. The molecule has 0 saturated heterocycles. The second-order valence-electron chi connectivity index (χ2n) is 8.26. The molecule has 0 amide bonds. The minimum absolute atomic E-state index is 0.0824. The van der Waals surface area contributed by atoms with Crippen molar-refractivity contribution >= 4 is 18.3 Å². The number of nitrogens with zero attached hydrogens (tertiary/aromatic N) is 1. The maximum absolute atomic E-state index is 12.2. The van der Waals surface area contributed by atoms with Crippen LogP contribution in [0.4, 0.5) is 0 Å². The van der Waals surface area contributed by atoms with Crippen molar-refractivity contribution in [1.29, 1.82) is 0 Å².